The standard InChI is InChI=1S/C11H23NO2/c1-3-13-9-11-5-7-12(8-6-11)10-14-4-2/h11H,3-10H2,1-2H3. The summed E-state index contributed by atoms with van der Waals surface area (Å²) in [4.78, 5) is 2.38. The summed E-state index contributed by atoms with van der Waals surface area (Å²) in [6.07, 6.45) is 2.51. The average Bonchev–Trinajstić information content (AvgIpc) is 2.25. The highest BCUT2D eigenvalue weighted by Gasteiger charge is 2.18. The van der Waals surface area contributed by atoms with Crippen molar-refractivity contribution in [2.24, 2.45) is 5.92 Å². The average molecular weight is 201 g/mol. The molecule has 0 N–H and O–H groups in total. The molecule has 0 radical (unpaired) electrons. The molecule has 0 spiro atoms. The molecule has 84 valence electrons. The predicted molar refractivity (Wildman–Crippen MR) is 57.3 cm³/mol. The Kier molecular flexibility index (Phi) is 6.15. The molecule has 14 heavy (non-hydrogen) atoms. The number of piperidine rings is 1. The topological polar surface area (TPSA) is 21.7 Å². The van der Waals surface area contributed by atoms with Crippen molar-refractivity contribution in [1.82, 2.24) is 4.90 Å². The van der Waals surface area contributed by atoms with E-state index in [1.54, 1.807) is 0 Å². The van der Waals surface area contributed by atoms with E-state index in [-0.39, 0.29) is 0 Å². The van der Waals surface area contributed by atoms with E-state index in [0.29, 0.717) is 0 Å². The summed E-state index contributed by atoms with van der Waals surface area (Å²) >= 11 is 0. The van der Waals surface area contributed by atoms with Gasteiger partial charge in [0.05, 0.1) is 6.73 Å². The number of nitrogens with zero attached hydrogens (tertiary/aromatic N) is 1. The van der Waals surface area contributed by atoms with E-state index in [1.807, 2.05) is 6.92 Å². The normalized spacial score (nSPS) is 20.1. The zero-order valence-corrected chi connectivity index (χ0v) is 9.50. The molecule has 1 fully saturated rings. The maximum Gasteiger partial charge on any atom is 0.0990 e. The van der Waals surface area contributed by atoms with E-state index in [2.05, 4.69) is 11.8 Å². The van der Waals surface area contributed by atoms with Crippen molar-refractivity contribution >= 4 is 0 Å². The van der Waals surface area contributed by atoms with Crippen LogP contribution in [0.25, 0.3) is 0 Å². The van der Waals surface area contributed by atoms with Crippen LogP contribution in [0.3, 0.4) is 0 Å². The fourth-order valence-corrected chi connectivity index (χ4v) is 1.79. The maximum atomic E-state index is 5.44. The van der Waals surface area contributed by atoms with Gasteiger partial charge in [-0.1, -0.05) is 0 Å². The second kappa shape index (κ2) is 7.21. The van der Waals surface area contributed by atoms with Crippen LogP contribution in [0.2, 0.25) is 0 Å². The fraction of sp³-hybridized carbons (Fsp3) is 1.00. The summed E-state index contributed by atoms with van der Waals surface area (Å²) < 4.78 is 10.8. The molecule has 0 unspecified atom stereocenters. The third-order valence-corrected chi connectivity index (χ3v) is 2.74. The Morgan fingerprint density at radius 2 is 1.71 bits per heavy atom. The Morgan fingerprint density at radius 1 is 1.07 bits per heavy atom. The molecule has 0 aromatic carbocycles. The number of hydrogen-bond acceptors (Lipinski definition) is 3. The molecule has 1 aliphatic rings. The number of hydrogen-bond donors (Lipinski definition) is 0. The first-order valence-electron chi connectivity index (χ1n) is 5.74. The van der Waals surface area contributed by atoms with Crippen molar-refractivity contribution in [3.63, 3.8) is 0 Å². The van der Waals surface area contributed by atoms with Crippen molar-refractivity contribution in [2.45, 2.75) is 26.7 Å². The van der Waals surface area contributed by atoms with E-state index >= 15 is 0 Å². The van der Waals surface area contributed by atoms with Crippen molar-refractivity contribution in [3.05, 3.63) is 0 Å². The van der Waals surface area contributed by atoms with Gasteiger partial charge in [0.1, 0.15) is 0 Å². The van der Waals surface area contributed by atoms with Crippen LogP contribution in [0, 0.1) is 5.92 Å². The third-order valence-electron chi connectivity index (χ3n) is 2.74. The molecule has 0 aromatic rings. The highest BCUT2D eigenvalue weighted by Crippen LogP contribution is 2.17. The Labute approximate surface area is 87.4 Å². The van der Waals surface area contributed by atoms with E-state index in [1.165, 1.54) is 12.8 Å². The molecule has 1 aliphatic heterocycles. The molecule has 0 saturated carbocycles. The van der Waals surface area contributed by atoms with Crippen LogP contribution >= 0.6 is 0 Å². The zero-order chi connectivity index (χ0) is 10.2. The first kappa shape index (κ1) is 12.0. The van der Waals surface area contributed by atoms with Gasteiger partial charge in [0.2, 0.25) is 0 Å². The number of rotatable bonds is 6. The predicted octanol–water partition coefficient (Wildman–Crippen LogP) is 1.73. The second-order valence-electron chi connectivity index (χ2n) is 3.84. The van der Waals surface area contributed by atoms with Gasteiger partial charge in [-0.15, -0.1) is 0 Å². The van der Waals surface area contributed by atoms with Crippen LogP contribution in [-0.4, -0.2) is 44.5 Å². The summed E-state index contributed by atoms with van der Waals surface area (Å²) in [5, 5.41) is 0. The lowest BCUT2D eigenvalue weighted by atomic mass is 9.98. The molecule has 0 aliphatic carbocycles. The summed E-state index contributed by atoms with van der Waals surface area (Å²) in [6.45, 7) is 9.84. The lowest BCUT2D eigenvalue weighted by Gasteiger charge is -2.31. The Bertz CT molecular complexity index is 117. The van der Waals surface area contributed by atoms with E-state index in [0.717, 1.165) is 45.6 Å². The Hall–Kier alpha value is -0.120. The lowest BCUT2D eigenvalue weighted by Crippen LogP contribution is -2.36. The Balaban J connectivity index is 2.05. The van der Waals surface area contributed by atoms with Crippen LogP contribution in [0.5, 0.6) is 0 Å². The molecule has 1 saturated heterocycles. The summed E-state index contributed by atoms with van der Waals surface area (Å²) in [5.41, 5.74) is 0. The van der Waals surface area contributed by atoms with Crippen molar-refractivity contribution in [3.8, 4) is 0 Å². The third kappa shape index (κ3) is 4.40. The first-order valence-corrected chi connectivity index (χ1v) is 5.74. The Morgan fingerprint density at radius 3 is 2.29 bits per heavy atom. The van der Waals surface area contributed by atoms with Gasteiger partial charge in [-0.2, -0.15) is 0 Å². The quantitative estimate of drug-likeness (QED) is 0.653. The minimum Gasteiger partial charge on any atom is -0.381 e. The van der Waals surface area contributed by atoms with Crippen molar-refractivity contribution < 1.29 is 9.47 Å². The van der Waals surface area contributed by atoms with Crippen molar-refractivity contribution in [1.29, 1.82) is 0 Å². The number of likely N-dealkylation sites (tertiary alicyclic amines) is 1. The smallest absolute Gasteiger partial charge is 0.0990 e. The summed E-state index contributed by atoms with van der Waals surface area (Å²) in [7, 11) is 0. The van der Waals surface area contributed by atoms with Gasteiger partial charge in [0, 0.05) is 32.9 Å². The minimum absolute atomic E-state index is 0.771. The van der Waals surface area contributed by atoms with Gasteiger partial charge in [0.25, 0.3) is 0 Å². The van der Waals surface area contributed by atoms with E-state index in [4.69, 9.17) is 9.47 Å². The maximum absolute atomic E-state index is 5.44. The van der Waals surface area contributed by atoms with Gasteiger partial charge in [-0.25, -0.2) is 0 Å². The number of ether oxygens (including phenoxy) is 2. The fourth-order valence-electron chi connectivity index (χ4n) is 1.79. The molecule has 3 nitrogen and oxygen atoms in total. The molecule has 0 bridgehead atoms. The zero-order valence-electron chi connectivity index (χ0n) is 9.50. The molecule has 1 heterocycles. The summed E-state index contributed by atoms with van der Waals surface area (Å²) in [6, 6.07) is 0. The van der Waals surface area contributed by atoms with Gasteiger partial charge in [-0.05, 0) is 32.6 Å². The van der Waals surface area contributed by atoms with Gasteiger partial charge >= 0.3 is 0 Å². The molecular weight excluding hydrogens is 178 g/mol. The molecule has 1 rings (SSSR count). The largest absolute Gasteiger partial charge is 0.381 e. The van der Waals surface area contributed by atoms with E-state index < -0.39 is 0 Å². The van der Waals surface area contributed by atoms with Gasteiger partial charge < -0.3 is 9.47 Å². The molecule has 0 amide bonds. The minimum atomic E-state index is 0.771. The molecular formula is C11H23NO2. The van der Waals surface area contributed by atoms with Crippen LogP contribution in [0.4, 0.5) is 0 Å². The monoisotopic (exact) mass is 201 g/mol. The van der Waals surface area contributed by atoms with Crippen LogP contribution in [0.1, 0.15) is 26.7 Å². The highest BCUT2D eigenvalue weighted by molar-refractivity contribution is 4.70. The highest BCUT2D eigenvalue weighted by atomic mass is 16.5. The van der Waals surface area contributed by atoms with Crippen LogP contribution < -0.4 is 0 Å². The van der Waals surface area contributed by atoms with Gasteiger partial charge in [0.15, 0.2) is 0 Å². The molecule has 3 heteroatoms. The molecule has 0 aromatic heterocycles. The van der Waals surface area contributed by atoms with Crippen molar-refractivity contribution in [2.75, 3.05) is 39.6 Å². The molecule has 0 atom stereocenters. The van der Waals surface area contributed by atoms with Gasteiger partial charge in [-0.3, -0.25) is 4.90 Å². The van der Waals surface area contributed by atoms with Crippen LogP contribution in [0.15, 0.2) is 0 Å². The van der Waals surface area contributed by atoms with E-state index in [9.17, 15) is 0 Å². The first-order chi connectivity index (χ1) is 6.86. The van der Waals surface area contributed by atoms with Crippen LogP contribution in [-0.2, 0) is 9.47 Å². The second-order valence-corrected chi connectivity index (χ2v) is 3.84. The summed E-state index contributed by atoms with van der Waals surface area (Å²) in [5.74, 6) is 0.771. The lowest BCUT2D eigenvalue weighted by molar-refractivity contribution is 0.00376. The SMILES string of the molecule is CCOCC1CCN(COCC)CC1.